The Bertz CT molecular complexity index is 558. The molecule has 1 aliphatic heterocycles. The van der Waals surface area contributed by atoms with Gasteiger partial charge in [-0.3, -0.25) is 4.79 Å². The van der Waals surface area contributed by atoms with Crippen molar-refractivity contribution in [1.82, 2.24) is 14.9 Å². The predicted molar refractivity (Wildman–Crippen MR) is 88.5 cm³/mol. The van der Waals surface area contributed by atoms with Gasteiger partial charge in [0, 0.05) is 44.7 Å². The maximum atomic E-state index is 12.8. The summed E-state index contributed by atoms with van der Waals surface area (Å²) in [6, 6.07) is 1.98. The van der Waals surface area contributed by atoms with Crippen LogP contribution in [-0.4, -0.2) is 60.7 Å². The highest BCUT2D eigenvalue weighted by Gasteiger charge is 2.46. The number of carbonyl (C=O) groups excluding carboxylic acids is 1. The number of rotatable bonds is 4. The van der Waals surface area contributed by atoms with Gasteiger partial charge in [-0.1, -0.05) is 6.42 Å². The molecule has 0 bridgehead atoms. The van der Waals surface area contributed by atoms with Crippen LogP contribution in [0.25, 0.3) is 0 Å². The number of aryl methyl sites for hydroxylation is 2. The summed E-state index contributed by atoms with van der Waals surface area (Å²) < 4.78 is 5.30. The van der Waals surface area contributed by atoms with Crippen LogP contribution in [0.2, 0.25) is 0 Å². The first kappa shape index (κ1) is 16.2. The molecule has 2 heterocycles. The zero-order valence-electron chi connectivity index (χ0n) is 14.3. The van der Waals surface area contributed by atoms with E-state index in [1.807, 2.05) is 24.8 Å². The number of methoxy groups -OCH3 is 1. The Kier molecular flexibility index (Phi) is 4.53. The fraction of sp³-hybridized carbons (Fsp3) is 0.706. The van der Waals surface area contributed by atoms with Gasteiger partial charge in [0.1, 0.15) is 0 Å². The predicted octanol–water partition coefficient (Wildman–Crippen LogP) is 1.56. The minimum Gasteiger partial charge on any atom is -0.384 e. The molecule has 0 atom stereocenters. The standard InChI is InChI=1S/C17H26N4O2/c1-13-11-14(2)19-16(18-13)21-9-7-20(8-10-21)15(22)17(12-23-3)5-4-6-17/h11H,4-10,12H2,1-3H3. The van der Waals surface area contributed by atoms with Gasteiger partial charge in [-0.25, -0.2) is 9.97 Å². The Morgan fingerprint density at radius 3 is 2.26 bits per heavy atom. The molecule has 6 nitrogen and oxygen atoms in total. The third kappa shape index (κ3) is 3.17. The second-order valence-corrected chi connectivity index (χ2v) is 6.80. The van der Waals surface area contributed by atoms with Crippen LogP contribution < -0.4 is 4.90 Å². The molecule has 1 saturated carbocycles. The molecule has 1 saturated heterocycles. The molecule has 1 aromatic rings. The molecule has 1 aliphatic carbocycles. The lowest BCUT2D eigenvalue weighted by Crippen LogP contribution is -2.56. The van der Waals surface area contributed by atoms with Gasteiger partial charge in [-0.15, -0.1) is 0 Å². The number of piperazine rings is 1. The fourth-order valence-corrected chi connectivity index (χ4v) is 3.59. The molecular formula is C17H26N4O2. The van der Waals surface area contributed by atoms with E-state index in [0.717, 1.165) is 62.8 Å². The Morgan fingerprint density at radius 1 is 1.17 bits per heavy atom. The van der Waals surface area contributed by atoms with Crippen molar-refractivity contribution < 1.29 is 9.53 Å². The van der Waals surface area contributed by atoms with Crippen LogP contribution in [0, 0.1) is 19.3 Å². The Morgan fingerprint density at radius 2 is 1.78 bits per heavy atom. The van der Waals surface area contributed by atoms with Gasteiger partial charge in [0.25, 0.3) is 0 Å². The smallest absolute Gasteiger partial charge is 0.231 e. The first-order chi connectivity index (χ1) is 11.0. The van der Waals surface area contributed by atoms with Crippen molar-refractivity contribution in [3.63, 3.8) is 0 Å². The lowest BCUT2D eigenvalue weighted by molar-refractivity contribution is -0.152. The third-order valence-electron chi connectivity index (χ3n) is 5.01. The van der Waals surface area contributed by atoms with Crippen LogP contribution in [0.4, 0.5) is 5.95 Å². The summed E-state index contributed by atoms with van der Waals surface area (Å²) in [6.45, 7) is 7.58. The summed E-state index contributed by atoms with van der Waals surface area (Å²) in [5, 5.41) is 0. The van der Waals surface area contributed by atoms with E-state index < -0.39 is 0 Å². The average Bonchev–Trinajstić information content (AvgIpc) is 2.49. The fourth-order valence-electron chi connectivity index (χ4n) is 3.59. The maximum Gasteiger partial charge on any atom is 0.231 e. The van der Waals surface area contributed by atoms with Crippen LogP contribution in [0.3, 0.4) is 0 Å². The lowest BCUT2D eigenvalue weighted by Gasteiger charge is -2.45. The number of nitrogens with zero attached hydrogens (tertiary/aromatic N) is 4. The van der Waals surface area contributed by atoms with E-state index >= 15 is 0 Å². The summed E-state index contributed by atoms with van der Waals surface area (Å²) >= 11 is 0. The number of amides is 1. The van der Waals surface area contributed by atoms with Crippen LogP contribution >= 0.6 is 0 Å². The second kappa shape index (κ2) is 6.43. The summed E-state index contributed by atoms with van der Waals surface area (Å²) in [4.78, 5) is 26.1. The molecule has 0 spiro atoms. The molecule has 2 aliphatic rings. The van der Waals surface area contributed by atoms with Gasteiger partial charge >= 0.3 is 0 Å². The number of carbonyl (C=O) groups is 1. The van der Waals surface area contributed by atoms with E-state index in [9.17, 15) is 4.79 Å². The van der Waals surface area contributed by atoms with E-state index in [0.29, 0.717) is 6.61 Å². The molecule has 6 heteroatoms. The molecule has 1 amide bonds. The molecular weight excluding hydrogens is 292 g/mol. The van der Waals surface area contributed by atoms with Gasteiger partial charge in [0.05, 0.1) is 12.0 Å². The number of hydrogen-bond donors (Lipinski definition) is 0. The SMILES string of the molecule is COCC1(C(=O)N2CCN(c3nc(C)cc(C)n3)CC2)CCC1. The van der Waals surface area contributed by atoms with Crippen molar-refractivity contribution >= 4 is 11.9 Å². The van der Waals surface area contributed by atoms with Gasteiger partial charge in [-0.2, -0.15) is 0 Å². The van der Waals surface area contributed by atoms with E-state index in [-0.39, 0.29) is 11.3 Å². The molecule has 3 rings (SSSR count). The zero-order valence-corrected chi connectivity index (χ0v) is 14.3. The van der Waals surface area contributed by atoms with Crippen molar-refractivity contribution in [2.75, 3.05) is 44.8 Å². The Labute approximate surface area is 137 Å². The Hall–Kier alpha value is -1.69. The van der Waals surface area contributed by atoms with E-state index in [4.69, 9.17) is 4.74 Å². The molecule has 0 N–H and O–H groups in total. The highest BCUT2D eigenvalue weighted by Crippen LogP contribution is 2.42. The third-order valence-corrected chi connectivity index (χ3v) is 5.01. The number of hydrogen-bond acceptors (Lipinski definition) is 5. The highest BCUT2D eigenvalue weighted by atomic mass is 16.5. The molecule has 0 aromatic carbocycles. The van der Waals surface area contributed by atoms with Gasteiger partial charge in [0.2, 0.25) is 11.9 Å². The summed E-state index contributed by atoms with van der Waals surface area (Å²) in [5.41, 5.74) is 1.71. The van der Waals surface area contributed by atoms with Crippen molar-refractivity contribution in [3.05, 3.63) is 17.5 Å². The van der Waals surface area contributed by atoms with Crippen molar-refractivity contribution in [1.29, 1.82) is 0 Å². The van der Waals surface area contributed by atoms with Crippen molar-refractivity contribution in [3.8, 4) is 0 Å². The maximum absolute atomic E-state index is 12.8. The monoisotopic (exact) mass is 318 g/mol. The quantitative estimate of drug-likeness (QED) is 0.843. The molecule has 0 unspecified atom stereocenters. The van der Waals surface area contributed by atoms with Crippen LogP contribution in [0.5, 0.6) is 0 Å². The molecule has 23 heavy (non-hydrogen) atoms. The minimum absolute atomic E-state index is 0.257. The van der Waals surface area contributed by atoms with Gasteiger partial charge in [-0.05, 0) is 32.8 Å². The van der Waals surface area contributed by atoms with Crippen LogP contribution in [0.1, 0.15) is 30.7 Å². The first-order valence-corrected chi connectivity index (χ1v) is 8.40. The van der Waals surface area contributed by atoms with E-state index in [2.05, 4.69) is 14.9 Å². The van der Waals surface area contributed by atoms with Crippen LogP contribution in [0.15, 0.2) is 6.07 Å². The second-order valence-electron chi connectivity index (χ2n) is 6.80. The molecule has 0 radical (unpaired) electrons. The van der Waals surface area contributed by atoms with E-state index in [1.165, 1.54) is 0 Å². The largest absolute Gasteiger partial charge is 0.384 e. The Balaban J connectivity index is 1.63. The number of aromatic nitrogens is 2. The normalized spacial score (nSPS) is 20.3. The van der Waals surface area contributed by atoms with Crippen molar-refractivity contribution in [2.45, 2.75) is 33.1 Å². The van der Waals surface area contributed by atoms with E-state index in [1.54, 1.807) is 7.11 Å². The highest BCUT2D eigenvalue weighted by molar-refractivity contribution is 5.84. The summed E-state index contributed by atoms with van der Waals surface area (Å²) in [7, 11) is 1.68. The van der Waals surface area contributed by atoms with Gasteiger partial charge in [0.15, 0.2) is 0 Å². The number of anilines is 1. The molecule has 126 valence electrons. The van der Waals surface area contributed by atoms with Gasteiger partial charge < -0.3 is 14.5 Å². The lowest BCUT2D eigenvalue weighted by atomic mass is 9.68. The summed E-state index contributed by atoms with van der Waals surface area (Å²) in [6.07, 6.45) is 3.05. The van der Waals surface area contributed by atoms with Crippen molar-refractivity contribution in [2.24, 2.45) is 5.41 Å². The molecule has 1 aromatic heterocycles. The summed E-state index contributed by atoms with van der Waals surface area (Å²) in [5.74, 6) is 1.05. The average molecular weight is 318 g/mol. The van der Waals surface area contributed by atoms with Crippen LogP contribution in [-0.2, 0) is 9.53 Å². The first-order valence-electron chi connectivity index (χ1n) is 8.40. The molecule has 2 fully saturated rings. The number of ether oxygens (including phenoxy) is 1. The zero-order chi connectivity index (χ0) is 16.4. The topological polar surface area (TPSA) is 58.6 Å². The minimum atomic E-state index is -0.257.